The molecule has 0 bridgehead atoms. The Balaban J connectivity index is 1.11. The number of para-hydroxylation sites is 5. The third-order valence-corrected chi connectivity index (χ3v) is 12.4. The van der Waals surface area contributed by atoms with E-state index in [9.17, 15) is 0 Å². The van der Waals surface area contributed by atoms with Crippen molar-refractivity contribution in [3.63, 3.8) is 0 Å². The second-order valence-electron chi connectivity index (χ2n) is 16.2. The Hall–Kier alpha value is -8.94. The number of furan rings is 1. The van der Waals surface area contributed by atoms with Crippen LogP contribution in [0.2, 0.25) is 0 Å². The number of fused-ring (bicyclic) bond motifs is 10. The molecular formula is C58H36N6O. The van der Waals surface area contributed by atoms with E-state index in [0.29, 0.717) is 11.6 Å². The molecular weight excluding hydrogens is 797 g/mol. The smallest absolute Gasteiger partial charge is 0.165 e. The molecule has 0 saturated heterocycles. The lowest BCUT2D eigenvalue weighted by Gasteiger charge is -2.27. The van der Waals surface area contributed by atoms with E-state index in [2.05, 4.69) is 179 Å². The fraction of sp³-hybridized carbons (Fsp3) is 0. The number of aromatic nitrogens is 5. The number of nitrogens with zero attached hydrogens (tertiary/aromatic N) is 6. The minimum Gasteiger partial charge on any atom is -0.455 e. The van der Waals surface area contributed by atoms with Crippen molar-refractivity contribution in [2.24, 2.45) is 0 Å². The molecule has 13 rings (SSSR count). The molecule has 8 aromatic carbocycles. The molecule has 0 N–H and O–H groups in total. The fourth-order valence-electron chi connectivity index (χ4n) is 9.50. The Labute approximate surface area is 374 Å². The lowest BCUT2D eigenvalue weighted by molar-refractivity contribution is 0.669. The van der Waals surface area contributed by atoms with Gasteiger partial charge in [0.05, 0.1) is 39.5 Å². The maximum absolute atomic E-state index is 6.60. The third-order valence-electron chi connectivity index (χ3n) is 12.4. The van der Waals surface area contributed by atoms with Gasteiger partial charge in [-0.3, -0.25) is 9.47 Å². The summed E-state index contributed by atoms with van der Waals surface area (Å²) in [6.45, 7) is 0. The van der Waals surface area contributed by atoms with Crippen LogP contribution < -0.4 is 4.90 Å². The molecule has 1 aliphatic rings. The topological polar surface area (TPSA) is 72.9 Å². The van der Waals surface area contributed by atoms with Gasteiger partial charge in [0.25, 0.3) is 0 Å². The predicted octanol–water partition coefficient (Wildman–Crippen LogP) is 14.9. The summed E-state index contributed by atoms with van der Waals surface area (Å²) in [6.07, 6.45) is 0. The second kappa shape index (κ2) is 14.9. The molecule has 12 aromatic rings. The largest absolute Gasteiger partial charge is 0.455 e. The van der Waals surface area contributed by atoms with Gasteiger partial charge in [0.1, 0.15) is 22.8 Å². The Bertz CT molecular complexity index is 3730. The zero-order valence-corrected chi connectivity index (χ0v) is 34.9. The van der Waals surface area contributed by atoms with E-state index in [4.69, 9.17) is 24.4 Å². The molecule has 5 heterocycles. The number of hydrogen-bond donors (Lipinski definition) is 0. The lowest BCUT2D eigenvalue weighted by atomic mass is 9.98. The van der Waals surface area contributed by atoms with Crippen LogP contribution in [0.1, 0.15) is 0 Å². The predicted molar refractivity (Wildman–Crippen MR) is 263 cm³/mol. The van der Waals surface area contributed by atoms with Gasteiger partial charge in [-0.1, -0.05) is 176 Å². The summed E-state index contributed by atoms with van der Waals surface area (Å²) in [4.78, 5) is 23.7. The normalized spacial score (nSPS) is 12.0. The quantitative estimate of drug-likeness (QED) is 0.166. The van der Waals surface area contributed by atoms with E-state index in [1.807, 2.05) is 48.5 Å². The number of hydrogen-bond acceptors (Lipinski definition) is 6. The first-order chi connectivity index (χ1) is 32.2. The maximum atomic E-state index is 6.60. The maximum Gasteiger partial charge on any atom is 0.165 e. The molecule has 7 nitrogen and oxygen atoms in total. The highest BCUT2D eigenvalue weighted by Crippen LogP contribution is 2.54. The molecule has 1 aliphatic heterocycles. The molecule has 7 heteroatoms. The summed E-state index contributed by atoms with van der Waals surface area (Å²) < 4.78 is 8.93. The van der Waals surface area contributed by atoms with Crippen molar-refractivity contribution in [2.45, 2.75) is 0 Å². The van der Waals surface area contributed by atoms with Crippen molar-refractivity contribution in [1.29, 1.82) is 0 Å². The van der Waals surface area contributed by atoms with E-state index in [-0.39, 0.29) is 0 Å². The summed E-state index contributed by atoms with van der Waals surface area (Å²) >= 11 is 0. The average molecular weight is 833 g/mol. The highest BCUT2D eigenvalue weighted by molar-refractivity contribution is 6.13. The fourth-order valence-corrected chi connectivity index (χ4v) is 9.50. The molecule has 0 saturated carbocycles. The first kappa shape index (κ1) is 36.7. The van der Waals surface area contributed by atoms with Crippen LogP contribution in [0.3, 0.4) is 0 Å². The molecule has 0 spiro atoms. The van der Waals surface area contributed by atoms with Crippen molar-refractivity contribution >= 4 is 50.0 Å². The molecule has 0 aliphatic carbocycles. The Morgan fingerprint density at radius 3 is 1.63 bits per heavy atom. The van der Waals surface area contributed by atoms with Crippen LogP contribution in [0.4, 0.5) is 17.2 Å². The third kappa shape index (κ3) is 5.98. The highest BCUT2D eigenvalue weighted by atomic mass is 16.3. The van der Waals surface area contributed by atoms with Crippen molar-refractivity contribution in [3.8, 4) is 73.5 Å². The van der Waals surface area contributed by atoms with Gasteiger partial charge in [-0.25, -0.2) is 19.9 Å². The van der Waals surface area contributed by atoms with Crippen LogP contribution in [-0.2, 0) is 0 Å². The van der Waals surface area contributed by atoms with Gasteiger partial charge in [-0.2, -0.15) is 0 Å². The van der Waals surface area contributed by atoms with Gasteiger partial charge < -0.3 is 4.42 Å². The van der Waals surface area contributed by atoms with Crippen LogP contribution in [0.5, 0.6) is 0 Å². The highest BCUT2D eigenvalue weighted by Gasteiger charge is 2.33. The summed E-state index contributed by atoms with van der Waals surface area (Å²) in [5.41, 5.74) is 14.2. The molecule has 0 amide bonds. The number of benzene rings is 8. The van der Waals surface area contributed by atoms with Gasteiger partial charge in [0.2, 0.25) is 0 Å². The minimum atomic E-state index is 0.573. The van der Waals surface area contributed by atoms with Gasteiger partial charge in [-0.15, -0.1) is 0 Å². The number of rotatable bonds is 6. The summed E-state index contributed by atoms with van der Waals surface area (Å²) in [5, 5.41) is 3.18. The zero-order chi connectivity index (χ0) is 42.8. The van der Waals surface area contributed by atoms with Gasteiger partial charge in [0, 0.05) is 61.7 Å². The Morgan fingerprint density at radius 1 is 0.369 bits per heavy atom. The van der Waals surface area contributed by atoms with Crippen molar-refractivity contribution < 1.29 is 4.42 Å². The van der Waals surface area contributed by atoms with E-state index in [0.717, 1.165) is 112 Å². The van der Waals surface area contributed by atoms with Crippen LogP contribution >= 0.6 is 0 Å². The molecule has 304 valence electrons. The molecule has 0 unspecified atom stereocenters. The zero-order valence-electron chi connectivity index (χ0n) is 34.9. The van der Waals surface area contributed by atoms with Crippen molar-refractivity contribution in [2.75, 3.05) is 4.90 Å². The average Bonchev–Trinajstić information content (AvgIpc) is 3.90. The van der Waals surface area contributed by atoms with Crippen LogP contribution in [0.15, 0.2) is 223 Å². The minimum absolute atomic E-state index is 0.573. The molecule has 65 heavy (non-hydrogen) atoms. The van der Waals surface area contributed by atoms with E-state index >= 15 is 0 Å². The second-order valence-corrected chi connectivity index (χ2v) is 16.2. The van der Waals surface area contributed by atoms with Crippen LogP contribution in [0, 0.1) is 0 Å². The first-order valence-electron chi connectivity index (χ1n) is 21.7. The number of anilines is 3. The van der Waals surface area contributed by atoms with E-state index in [1.165, 1.54) is 0 Å². The van der Waals surface area contributed by atoms with E-state index in [1.54, 1.807) is 0 Å². The van der Waals surface area contributed by atoms with Gasteiger partial charge >= 0.3 is 0 Å². The van der Waals surface area contributed by atoms with Gasteiger partial charge in [0.15, 0.2) is 11.6 Å². The first-order valence-corrected chi connectivity index (χ1v) is 21.7. The summed E-state index contributed by atoms with van der Waals surface area (Å²) in [5.74, 6) is 2.72. The standard InChI is InChI=1S/C58H36N6O/c1-4-19-37(20-5-1)46-35-52(61-57(59-46)39-23-8-3-9-24-39)63-48-31-14-10-26-42(48)54-43-27-11-15-32-49(43)64(55(54)44-28-12-16-33-50(44)63)53-36-47(38-21-6-2-7-22-38)60-58(62-53)45-30-18-29-41-40-25-13-17-34-51(40)65-56(41)45/h1-36H. The van der Waals surface area contributed by atoms with Gasteiger partial charge in [-0.05, 0) is 30.3 Å². The monoisotopic (exact) mass is 832 g/mol. The molecule has 4 aromatic heterocycles. The van der Waals surface area contributed by atoms with Crippen LogP contribution in [-0.4, -0.2) is 24.5 Å². The summed E-state index contributed by atoms with van der Waals surface area (Å²) in [7, 11) is 0. The van der Waals surface area contributed by atoms with E-state index < -0.39 is 0 Å². The summed E-state index contributed by atoms with van der Waals surface area (Å²) in [6, 6.07) is 75.4. The Kier molecular flexibility index (Phi) is 8.39. The lowest BCUT2D eigenvalue weighted by Crippen LogP contribution is -2.14. The molecule has 0 radical (unpaired) electrons. The molecule has 0 atom stereocenters. The van der Waals surface area contributed by atoms with Crippen molar-refractivity contribution in [3.05, 3.63) is 218 Å². The Morgan fingerprint density at radius 2 is 0.892 bits per heavy atom. The van der Waals surface area contributed by atoms with Crippen LogP contribution in [0.25, 0.3) is 106 Å². The van der Waals surface area contributed by atoms with Crippen molar-refractivity contribution in [1.82, 2.24) is 24.5 Å². The SMILES string of the molecule is c1ccc(-c2cc(N3c4ccccc4-c4c(n(-c5cc(-c6ccccc6)nc(-c6cccc7c6oc6ccccc67)n5)c5ccccc45)-c4ccccc43)nc(-c3ccccc3)n2)cc1. The molecule has 0 fully saturated rings.